The molecule has 0 aliphatic carbocycles. The Balaban J connectivity index is 1.49. The van der Waals surface area contributed by atoms with Crippen molar-refractivity contribution in [1.29, 1.82) is 0 Å². The Morgan fingerprint density at radius 3 is 1.14 bits per heavy atom. The lowest BCUT2D eigenvalue weighted by Crippen LogP contribution is -2.35. The summed E-state index contributed by atoms with van der Waals surface area (Å²) in [6.07, 6.45) is 11.8. The second-order valence-electron chi connectivity index (χ2n) is 8.59. The second kappa shape index (κ2) is 22.1. The van der Waals surface area contributed by atoms with E-state index in [-0.39, 0.29) is 0 Å². The molecule has 2 aromatic rings. The molecule has 0 saturated heterocycles. The summed E-state index contributed by atoms with van der Waals surface area (Å²) in [7, 11) is 0. The first-order chi connectivity index (χ1) is 18.3. The van der Waals surface area contributed by atoms with Gasteiger partial charge in [-0.1, -0.05) is 0 Å². The topological polar surface area (TPSA) is 63.1 Å². The van der Waals surface area contributed by atoms with E-state index < -0.39 is 0 Å². The van der Waals surface area contributed by atoms with E-state index in [1.807, 2.05) is 13.8 Å². The van der Waals surface area contributed by atoms with Crippen LogP contribution in [0.4, 0.5) is 0 Å². The SMILES string of the molecule is CCOCCOCCOCC[n+]1ccc(CCCc2cc[n+](CCOCCOCCOCC)cc2)cc1. The minimum absolute atomic E-state index is 0.610. The van der Waals surface area contributed by atoms with Crippen LogP contribution in [0.15, 0.2) is 49.1 Å². The normalized spacial score (nSPS) is 11.3. The first kappa shape index (κ1) is 31.3. The van der Waals surface area contributed by atoms with Gasteiger partial charge in [0.1, 0.15) is 13.2 Å². The highest BCUT2D eigenvalue weighted by molar-refractivity contribution is 5.10. The molecule has 0 aliphatic heterocycles. The first-order valence-corrected chi connectivity index (χ1v) is 13.7. The Labute approximate surface area is 223 Å². The van der Waals surface area contributed by atoms with Gasteiger partial charge in [-0.25, -0.2) is 9.13 Å². The highest BCUT2D eigenvalue weighted by atomic mass is 16.5. The summed E-state index contributed by atoms with van der Waals surface area (Å²) in [4.78, 5) is 0. The molecular weight excluding hydrogens is 472 g/mol. The van der Waals surface area contributed by atoms with Crippen LogP contribution in [0.2, 0.25) is 0 Å². The molecule has 0 unspecified atom stereocenters. The van der Waals surface area contributed by atoms with Crippen molar-refractivity contribution in [3.63, 3.8) is 0 Å². The molecule has 0 fully saturated rings. The summed E-state index contributed by atoms with van der Waals surface area (Å²) in [5.74, 6) is 0. The first-order valence-electron chi connectivity index (χ1n) is 13.7. The third kappa shape index (κ3) is 16.5. The van der Waals surface area contributed by atoms with Crippen LogP contribution in [0.25, 0.3) is 0 Å². The molecular formula is C29H48N2O6+2. The van der Waals surface area contributed by atoms with E-state index in [0.29, 0.717) is 66.1 Å². The van der Waals surface area contributed by atoms with Crippen LogP contribution >= 0.6 is 0 Å². The fourth-order valence-corrected chi connectivity index (χ4v) is 3.61. The summed E-state index contributed by atoms with van der Waals surface area (Å²) < 4.78 is 37.0. The average molecular weight is 521 g/mol. The molecule has 37 heavy (non-hydrogen) atoms. The summed E-state index contributed by atoms with van der Waals surface area (Å²) in [5.41, 5.74) is 2.73. The molecule has 0 atom stereocenters. The molecule has 8 heteroatoms. The van der Waals surface area contributed by atoms with Crippen molar-refractivity contribution in [3.8, 4) is 0 Å². The van der Waals surface area contributed by atoms with E-state index >= 15 is 0 Å². The van der Waals surface area contributed by atoms with E-state index in [9.17, 15) is 0 Å². The third-order valence-corrected chi connectivity index (χ3v) is 5.74. The molecule has 2 rings (SSSR count). The zero-order valence-corrected chi connectivity index (χ0v) is 23.0. The number of rotatable bonds is 24. The van der Waals surface area contributed by atoms with Crippen molar-refractivity contribution in [2.75, 3.05) is 79.3 Å². The molecule has 0 bridgehead atoms. The minimum atomic E-state index is 0.610. The lowest BCUT2D eigenvalue weighted by molar-refractivity contribution is -0.698. The van der Waals surface area contributed by atoms with Crippen molar-refractivity contribution in [3.05, 3.63) is 60.2 Å². The molecule has 8 nitrogen and oxygen atoms in total. The second-order valence-corrected chi connectivity index (χ2v) is 8.59. The van der Waals surface area contributed by atoms with Gasteiger partial charge in [0.2, 0.25) is 0 Å². The largest absolute Gasteiger partial charge is 0.379 e. The Morgan fingerprint density at radius 2 is 0.784 bits per heavy atom. The molecule has 2 aromatic heterocycles. The highest BCUT2D eigenvalue weighted by Crippen LogP contribution is 2.06. The maximum absolute atomic E-state index is 5.64. The fraction of sp³-hybridized carbons (Fsp3) is 0.655. The predicted molar refractivity (Wildman–Crippen MR) is 142 cm³/mol. The number of hydrogen-bond donors (Lipinski definition) is 0. The predicted octanol–water partition coefficient (Wildman–Crippen LogP) is 2.58. The zero-order valence-electron chi connectivity index (χ0n) is 23.0. The standard InChI is InChI=1S/C29H48N2O6/c1-3-32-20-22-36-26-24-34-18-16-30-12-8-28(9-13-30)6-5-7-29-10-14-31(15-11-29)17-19-35-25-27-37-23-21-33-4-2/h8-15H,3-7,16-27H2,1-2H3/q+2. The Morgan fingerprint density at radius 1 is 0.459 bits per heavy atom. The Hall–Kier alpha value is -1.94. The molecule has 208 valence electrons. The van der Waals surface area contributed by atoms with Crippen molar-refractivity contribution in [2.45, 2.75) is 46.2 Å². The molecule has 0 radical (unpaired) electrons. The van der Waals surface area contributed by atoms with E-state index in [2.05, 4.69) is 58.2 Å². The number of hydrogen-bond acceptors (Lipinski definition) is 6. The molecule has 0 aromatic carbocycles. The van der Waals surface area contributed by atoms with Crippen LogP contribution in [0.1, 0.15) is 31.4 Å². The quantitative estimate of drug-likeness (QED) is 0.157. The number of pyridine rings is 2. The van der Waals surface area contributed by atoms with Crippen LogP contribution in [0.5, 0.6) is 0 Å². The third-order valence-electron chi connectivity index (χ3n) is 5.74. The van der Waals surface area contributed by atoms with Crippen LogP contribution in [-0.2, 0) is 54.4 Å². The zero-order chi connectivity index (χ0) is 26.2. The molecule has 0 N–H and O–H groups in total. The molecule has 0 aliphatic rings. The minimum Gasteiger partial charge on any atom is -0.379 e. The molecule has 0 saturated carbocycles. The van der Waals surface area contributed by atoms with Gasteiger partial charge in [0, 0.05) is 37.5 Å². The van der Waals surface area contributed by atoms with Gasteiger partial charge in [0.05, 0.1) is 52.9 Å². The summed E-state index contributed by atoms with van der Waals surface area (Å²) in [6, 6.07) is 8.83. The summed E-state index contributed by atoms with van der Waals surface area (Å²) in [6.45, 7) is 13.5. The lowest BCUT2D eigenvalue weighted by Gasteiger charge is -2.05. The number of aromatic nitrogens is 2. The molecule has 0 spiro atoms. The van der Waals surface area contributed by atoms with Crippen LogP contribution in [-0.4, -0.2) is 79.3 Å². The lowest BCUT2D eigenvalue weighted by atomic mass is 10.1. The number of nitrogens with zero attached hydrogens (tertiary/aromatic N) is 2. The number of aryl methyl sites for hydroxylation is 2. The van der Waals surface area contributed by atoms with E-state index in [4.69, 9.17) is 28.4 Å². The maximum Gasteiger partial charge on any atom is 0.171 e. The van der Waals surface area contributed by atoms with Gasteiger partial charge in [0.25, 0.3) is 0 Å². The monoisotopic (exact) mass is 520 g/mol. The fourth-order valence-electron chi connectivity index (χ4n) is 3.61. The van der Waals surface area contributed by atoms with Gasteiger partial charge in [-0.3, -0.25) is 0 Å². The van der Waals surface area contributed by atoms with Gasteiger partial charge in [0.15, 0.2) is 37.9 Å². The van der Waals surface area contributed by atoms with Gasteiger partial charge in [-0.15, -0.1) is 0 Å². The summed E-state index contributed by atoms with van der Waals surface area (Å²) >= 11 is 0. The summed E-state index contributed by atoms with van der Waals surface area (Å²) in [5, 5.41) is 0. The average Bonchev–Trinajstić information content (AvgIpc) is 2.93. The van der Waals surface area contributed by atoms with Crippen LogP contribution in [0, 0.1) is 0 Å². The van der Waals surface area contributed by atoms with Gasteiger partial charge >= 0.3 is 0 Å². The van der Waals surface area contributed by atoms with Crippen LogP contribution < -0.4 is 9.13 Å². The van der Waals surface area contributed by atoms with Crippen LogP contribution in [0.3, 0.4) is 0 Å². The Bertz CT molecular complexity index is 707. The number of ether oxygens (including phenoxy) is 6. The highest BCUT2D eigenvalue weighted by Gasteiger charge is 2.04. The smallest absolute Gasteiger partial charge is 0.171 e. The van der Waals surface area contributed by atoms with Crippen molar-refractivity contribution >= 4 is 0 Å². The Kier molecular flexibility index (Phi) is 18.7. The van der Waals surface area contributed by atoms with E-state index in [1.54, 1.807) is 0 Å². The van der Waals surface area contributed by atoms with Gasteiger partial charge < -0.3 is 28.4 Å². The van der Waals surface area contributed by atoms with E-state index in [0.717, 1.165) is 45.6 Å². The van der Waals surface area contributed by atoms with Crippen molar-refractivity contribution in [1.82, 2.24) is 0 Å². The maximum atomic E-state index is 5.64. The van der Waals surface area contributed by atoms with E-state index in [1.165, 1.54) is 11.1 Å². The molecule has 0 amide bonds. The molecule has 2 heterocycles. The van der Waals surface area contributed by atoms with Crippen molar-refractivity contribution in [2.24, 2.45) is 0 Å². The van der Waals surface area contributed by atoms with Gasteiger partial charge in [-0.05, 0) is 44.2 Å². The van der Waals surface area contributed by atoms with Crippen molar-refractivity contribution < 1.29 is 37.6 Å². The van der Waals surface area contributed by atoms with Gasteiger partial charge in [-0.2, -0.15) is 0 Å².